The highest BCUT2D eigenvalue weighted by Gasteiger charge is 2.15. The van der Waals surface area contributed by atoms with E-state index in [1.165, 1.54) is 4.68 Å². The summed E-state index contributed by atoms with van der Waals surface area (Å²) in [4.78, 5) is 17.1. The number of aromatic nitrogens is 3. The van der Waals surface area contributed by atoms with Crippen LogP contribution in [0.25, 0.3) is 16.9 Å². The Morgan fingerprint density at radius 3 is 2.58 bits per heavy atom. The van der Waals surface area contributed by atoms with Gasteiger partial charge in [-0.3, -0.25) is 9.89 Å². The van der Waals surface area contributed by atoms with Crippen molar-refractivity contribution in [3.63, 3.8) is 0 Å². The quantitative estimate of drug-likeness (QED) is 0.641. The van der Waals surface area contributed by atoms with E-state index >= 15 is 0 Å². The molecule has 0 amide bonds. The monoisotopic (exact) mass is 337 g/mol. The summed E-state index contributed by atoms with van der Waals surface area (Å²) in [6.07, 6.45) is 1.63. The van der Waals surface area contributed by atoms with Gasteiger partial charge >= 0.3 is 0 Å². The number of thiol groups is 1. The molecular formula is C17H15N5OS. The highest BCUT2D eigenvalue weighted by molar-refractivity contribution is 7.81. The number of anilines is 1. The molecular weight excluding hydrogens is 322 g/mol. The molecule has 0 aliphatic rings. The molecule has 6 nitrogen and oxygen atoms in total. The number of hydrogen-bond donors (Lipinski definition) is 3. The predicted molar refractivity (Wildman–Crippen MR) is 96.4 cm³/mol. The predicted octanol–water partition coefficient (Wildman–Crippen LogP) is 2.97. The van der Waals surface area contributed by atoms with Gasteiger partial charge in [-0.25, -0.2) is 9.67 Å². The van der Waals surface area contributed by atoms with E-state index in [1.807, 2.05) is 13.8 Å². The Labute approximate surface area is 144 Å². The smallest absolute Gasteiger partial charge is 0.280 e. The number of nitrogens with zero attached hydrogens (tertiary/aromatic N) is 3. The van der Waals surface area contributed by atoms with Crippen molar-refractivity contribution >= 4 is 18.5 Å². The largest absolute Gasteiger partial charge is 0.331 e. The third-order valence-electron chi connectivity index (χ3n) is 3.82. The van der Waals surface area contributed by atoms with Gasteiger partial charge in [0.15, 0.2) is 5.82 Å². The molecule has 7 heteroatoms. The lowest BCUT2D eigenvalue weighted by Gasteiger charge is -2.06. The second-order valence-corrected chi connectivity index (χ2v) is 5.63. The second kappa shape index (κ2) is 6.26. The van der Waals surface area contributed by atoms with E-state index in [1.54, 1.807) is 36.5 Å². The summed E-state index contributed by atoms with van der Waals surface area (Å²) in [6, 6.07) is 10.8. The molecule has 0 aliphatic carbocycles. The van der Waals surface area contributed by atoms with Crippen LogP contribution in [-0.4, -0.2) is 14.8 Å². The summed E-state index contributed by atoms with van der Waals surface area (Å²) in [7, 11) is 0. The molecule has 0 fully saturated rings. The number of aromatic amines is 1. The van der Waals surface area contributed by atoms with Gasteiger partial charge in [0, 0.05) is 5.69 Å². The van der Waals surface area contributed by atoms with Crippen molar-refractivity contribution in [2.75, 3.05) is 4.72 Å². The van der Waals surface area contributed by atoms with Gasteiger partial charge in [0.05, 0.1) is 29.1 Å². The first kappa shape index (κ1) is 15.9. The lowest BCUT2D eigenvalue weighted by Crippen LogP contribution is -2.17. The lowest BCUT2D eigenvalue weighted by molar-refractivity contribution is 0.806. The maximum Gasteiger partial charge on any atom is 0.280 e. The van der Waals surface area contributed by atoms with Crippen molar-refractivity contribution < 1.29 is 0 Å². The van der Waals surface area contributed by atoms with Crippen molar-refractivity contribution in [3.8, 4) is 23.0 Å². The number of hydrogen-bond acceptors (Lipinski definition) is 5. The van der Waals surface area contributed by atoms with E-state index in [2.05, 4.69) is 33.7 Å². The number of rotatable bonds is 3. The van der Waals surface area contributed by atoms with Crippen LogP contribution in [0.3, 0.4) is 0 Å². The summed E-state index contributed by atoms with van der Waals surface area (Å²) in [5, 5.41) is 11.9. The summed E-state index contributed by atoms with van der Waals surface area (Å²) >= 11 is 4.02. The Kier molecular flexibility index (Phi) is 4.15. The van der Waals surface area contributed by atoms with Gasteiger partial charge in [-0.1, -0.05) is 24.9 Å². The van der Waals surface area contributed by atoms with Crippen LogP contribution in [-0.2, 0) is 0 Å². The number of H-pyrrole nitrogens is 1. The molecule has 0 bridgehead atoms. The zero-order valence-corrected chi connectivity index (χ0v) is 14.1. The number of benzene rings is 1. The molecule has 0 unspecified atom stereocenters. The normalized spacial score (nSPS) is 10.4. The van der Waals surface area contributed by atoms with Crippen molar-refractivity contribution in [2.24, 2.45) is 0 Å². The van der Waals surface area contributed by atoms with E-state index in [9.17, 15) is 4.79 Å². The Hall–Kier alpha value is -2.98. The first-order chi connectivity index (χ1) is 11.5. The molecule has 3 aromatic rings. The van der Waals surface area contributed by atoms with E-state index in [0.29, 0.717) is 16.9 Å². The van der Waals surface area contributed by atoms with Crippen LogP contribution in [0, 0.1) is 25.2 Å². The topological polar surface area (TPSA) is 86.5 Å². The zero-order valence-electron chi connectivity index (χ0n) is 13.2. The highest BCUT2D eigenvalue weighted by Crippen LogP contribution is 2.21. The van der Waals surface area contributed by atoms with Crippen molar-refractivity contribution in [1.29, 1.82) is 5.26 Å². The van der Waals surface area contributed by atoms with Gasteiger partial charge in [-0.15, -0.1) is 0 Å². The second-order valence-electron chi connectivity index (χ2n) is 5.41. The number of aryl methyl sites for hydroxylation is 2. The van der Waals surface area contributed by atoms with Gasteiger partial charge in [0.25, 0.3) is 5.56 Å². The molecule has 0 radical (unpaired) electrons. The van der Waals surface area contributed by atoms with Crippen LogP contribution in [0.15, 0.2) is 41.3 Å². The Bertz CT molecular complexity index is 995. The molecule has 24 heavy (non-hydrogen) atoms. The molecule has 0 saturated carbocycles. The molecule has 2 aromatic heterocycles. The Morgan fingerprint density at radius 2 is 2.00 bits per heavy atom. The minimum absolute atomic E-state index is 0.185. The van der Waals surface area contributed by atoms with E-state index in [0.717, 1.165) is 22.5 Å². The molecule has 0 saturated heterocycles. The fourth-order valence-corrected chi connectivity index (χ4v) is 2.77. The van der Waals surface area contributed by atoms with Gasteiger partial charge in [-0.2, -0.15) is 5.26 Å². The number of nitrogens with one attached hydrogen (secondary N) is 2. The minimum atomic E-state index is -0.185. The number of pyridine rings is 1. The molecule has 2 N–H and O–H groups in total. The molecule has 2 heterocycles. The zero-order chi connectivity index (χ0) is 17.3. The van der Waals surface area contributed by atoms with Gasteiger partial charge in [0.1, 0.15) is 0 Å². The molecule has 1 aromatic carbocycles. The van der Waals surface area contributed by atoms with Gasteiger partial charge in [-0.05, 0) is 43.2 Å². The fraction of sp³-hybridized carbons (Fsp3) is 0.118. The SMILES string of the molecule is Cc1cc(-n2[nH]c(C)c(-c3ccc(C#N)cc3)c2=O)ncc1NS. The van der Waals surface area contributed by atoms with Crippen LogP contribution >= 0.6 is 12.8 Å². The maximum absolute atomic E-state index is 12.8. The summed E-state index contributed by atoms with van der Waals surface area (Å²) in [5.74, 6) is 0.507. The number of nitriles is 1. The summed E-state index contributed by atoms with van der Waals surface area (Å²) in [5.41, 5.74) is 4.14. The van der Waals surface area contributed by atoms with Crippen LogP contribution < -0.4 is 10.3 Å². The summed E-state index contributed by atoms with van der Waals surface area (Å²) < 4.78 is 4.16. The van der Waals surface area contributed by atoms with Crippen LogP contribution in [0.2, 0.25) is 0 Å². The minimum Gasteiger partial charge on any atom is -0.331 e. The van der Waals surface area contributed by atoms with E-state index in [-0.39, 0.29) is 5.56 Å². The molecule has 3 rings (SSSR count). The molecule has 0 atom stereocenters. The van der Waals surface area contributed by atoms with Crippen molar-refractivity contribution in [2.45, 2.75) is 13.8 Å². The lowest BCUT2D eigenvalue weighted by atomic mass is 10.1. The van der Waals surface area contributed by atoms with Crippen LogP contribution in [0.1, 0.15) is 16.8 Å². The van der Waals surface area contributed by atoms with Gasteiger partial charge in [0.2, 0.25) is 0 Å². The van der Waals surface area contributed by atoms with E-state index < -0.39 is 0 Å². The van der Waals surface area contributed by atoms with Crippen molar-refractivity contribution in [3.05, 3.63) is 63.7 Å². The highest BCUT2D eigenvalue weighted by atomic mass is 32.1. The van der Waals surface area contributed by atoms with Crippen LogP contribution in [0.4, 0.5) is 5.69 Å². The maximum atomic E-state index is 12.8. The summed E-state index contributed by atoms with van der Waals surface area (Å²) in [6.45, 7) is 3.74. The third kappa shape index (κ3) is 2.68. The Balaban J connectivity index is 2.11. The average molecular weight is 337 g/mol. The first-order valence-corrected chi connectivity index (χ1v) is 7.69. The standard InChI is InChI=1S/C17H15N5OS/c1-10-7-15(19-9-14(10)21-24)22-17(23)16(11(2)20-22)13-5-3-12(8-18)4-6-13/h3-7,9,20-21,24H,1-2H3. The van der Waals surface area contributed by atoms with Crippen LogP contribution in [0.5, 0.6) is 0 Å². The Morgan fingerprint density at radius 1 is 1.29 bits per heavy atom. The van der Waals surface area contributed by atoms with E-state index in [4.69, 9.17) is 5.26 Å². The fourth-order valence-electron chi connectivity index (χ4n) is 2.54. The average Bonchev–Trinajstić information content (AvgIpc) is 2.89. The molecule has 120 valence electrons. The third-order valence-corrected chi connectivity index (χ3v) is 4.06. The molecule has 0 aliphatic heterocycles. The first-order valence-electron chi connectivity index (χ1n) is 7.24. The van der Waals surface area contributed by atoms with Crippen molar-refractivity contribution in [1.82, 2.24) is 14.8 Å². The van der Waals surface area contributed by atoms with Gasteiger partial charge < -0.3 is 4.72 Å². The molecule has 0 spiro atoms.